The van der Waals surface area contributed by atoms with E-state index in [-0.39, 0.29) is 56.6 Å². The van der Waals surface area contributed by atoms with Crippen molar-refractivity contribution in [3.8, 4) is 0 Å². The number of hydrogen-bond acceptors (Lipinski definition) is 10. The number of pyridine rings is 1. The Kier molecular flexibility index (Phi) is 18.3. The van der Waals surface area contributed by atoms with E-state index in [0.29, 0.717) is 71.3 Å². The van der Waals surface area contributed by atoms with Crippen LogP contribution in [0.3, 0.4) is 0 Å². The van der Waals surface area contributed by atoms with E-state index in [2.05, 4.69) is 50.6 Å². The lowest BCUT2D eigenvalue weighted by Crippen LogP contribution is -2.27. The quantitative estimate of drug-likeness (QED) is 0.0429. The van der Waals surface area contributed by atoms with Crippen LogP contribution in [0.25, 0.3) is 21.9 Å². The highest BCUT2D eigenvalue weighted by Crippen LogP contribution is 2.30. The average molecular weight is 762 g/mol. The van der Waals surface area contributed by atoms with E-state index in [1.54, 1.807) is 0 Å². The third kappa shape index (κ3) is 14.9. The van der Waals surface area contributed by atoms with Gasteiger partial charge in [0.05, 0.1) is 37.5 Å². The number of ether oxygens (including phenoxy) is 3. The number of aryl methyl sites for hydroxylation is 1. The highest BCUT2D eigenvalue weighted by atomic mass is 16.5. The molecule has 0 aliphatic heterocycles. The highest BCUT2D eigenvalue weighted by molar-refractivity contribution is 6.06. The fourth-order valence-corrected chi connectivity index (χ4v) is 5.87. The lowest BCUT2D eigenvalue weighted by atomic mass is 10.1. The predicted octanol–water partition coefficient (Wildman–Crippen LogP) is 4.23. The summed E-state index contributed by atoms with van der Waals surface area (Å²) < 4.78 is 18.4. The minimum Gasteiger partial charge on any atom is -0.481 e. The Morgan fingerprint density at radius 2 is 1.36 bits per heavy atom. The highest BCUT2D eigenvalue weighted by Gasteiger charge is 2.17. The minimum absolute atomic E-state index is 0.0396. The Hall–Kier alpha value is -5.12. The molecule has 0 aliphatic carbocycles. The third-order valence-corrected chi connectivity index (χ3v) is 8.80. The van der Waals surface area contributed by atoms with Crippen molar-refractivity contribution in [2.75, 3.05) is 52.0 Å². The zero-order valence-electron chi connectivity index (χ0n) is 31.8. The van der Waals surface area contributed by atoms with Crippen LogP contribution in [0.1, 0.15) is 81.7 Å². The molecule has 2 aromatic heterocycles. The number of nitrogens with two attached hydrogens (primary N) is 1. The van der Waals surface area contributed by atoms with Gasteiger partial charge in [0.2, 0.25) is 17.7 Å². The molecule has 0 aliphatic rings. The van der Waals surface area contributed by atoms with Gasteiger partial charge in [-0.25, -0.2) is 9.97 Å². The largest absolute Gasteiger partial charge is 0.481 e. The number of para-hydroxylation sites is 1. The zero-order valence-corrected chi connectivity index (χ0v) is 31.8. The van der Waals surface area contributed by atoms with Gasteiger partial charge < -0.3 is 45.6 Å². The molecule has 2 aromatic carbocycles. The van der Waals surface area contributed by atoms with Gasteiger partial charge in [-0.2, -0.15) is 0 Å². The summed E-state index contributed by atoms with van der Waals surface area (Å²) in [6.45, 7) is 5.66. The molecule has 0 atom stereocenters. The summed E-state index contributed by atoms with van der Waals surface area (Å²) in [6, 6.07) is 16.2. The Morgan fingerprint density at radius 3 is 2.09 bits per heavy atom. The summed E-state index contributed by atoms with van der Waals surface area (Å²) in [7, 11) is 0. The fraction of sp³-hybridized carbons (Fsp3) is 0.500. The van der Waals surface area contributed by atoms with Crippen LogP contribution in [0.5, 0.6) is 0 Å². The van der Waals surface area contributed by atoms with Crippen LogP contribution in [0.4, 0.5) is 5.82 Å². The van der Waals surface area contributed by atoms with Crippen molar-refractivity contribution < 1.29 is 38.5 Å². The number of aliphatic carboxylic acids is 1. The second kappa shape index (κ2) is 23.6. The molecular weight excluding hydrogens is 706 g/mol. The number of hydrogen-bond donors (Lipinski definition) is 5. The van der Waals surface area contributed by atoms with E-state index < -0.39 is 5.97 Å². The third-order valence-electron chi connectivity index (χ3n) is 8.80. The minimum atomic E-state index is -0.925. The number of unbranched alkanes of at least 4 members (excludes halogenated alkanes) is 1. The molecule has 55 heavy (non-hydrogen) atoms. The smallest absolute Gasteiger partial charge is 0.303 e. The molecule has 3 amide bonds. The molecule has 0 unspecified atom stereocenters. The molecule has 4 aromatic rings. The van der Waals surface area contributed by atoms with Crippen LogP contribution in [0.15, 0.2) is 48.5 Å². The van der Waals surface area contributed by atoms with Crippen LogP contribution in [0.2, 0.25) is 0 Å². The molecular formula is C40H55N7O8. The molecule has 0 saturated heterocycles. The summed E-state index contributed by atoms with van der Waals surface area (Å²) in [4.78, 5) is 56.1. The van der Waals surface area contributed by atoms with E-state index in [1.807, 2.05) is 30.3 Å². The first-order valence-electron chi connectivity index (χ1n) is 19.1. The van der Waals surface area contributed by atoms with Crippen molar-refractivity contribution in [3.05, 3.63) is 65.5 Å². The molecule has 2 heterocycles. The summed E-state index contributed by atoms with van der Waals surface area (Å²) in [5, 5.41) is 18.0. The van der Waals surface area contributed by atoms with E-state index in [0.717, 1.165) is 58.2 Å². The second-order valence-electron chi connectivity index (χ2n) is 13.2. The monoisotopic (exact) mass is 761 g/mol. The Balaban J connectivity index is 1.04. The van der Waals surface area contributed by atoms with Crippen LogP contribution < -0.4 is 21.7 Å². The standard InChI is InChI=1S/C40H55N7O8/c1-2-3-11-33-46-38-39(31-9-4-5-10-32(31)45-40(38)41)47(33)27-30-18-16-29(17-19-30)26-43-35(49)13-6-12-34(48)42-20-8-21-53-22-23-54-24-25-55-28-44-36(50)14-7-15-37(51)52/h4-5,9-10,16-19H,2-3,6-8,11-15,20-28H2,1H3,(H2,41,45)(H,42,48)(H,43,49)(H,44,50)(H,51,52). The van der Waals surface area contributed by atoms with E-state index in [9.17, 15) is 19.2 Å². The first-order valence-corrected chi connectivity index (χ1v) is 19.1. The fourth-order valence-electron chi connectivity index (χ4n) is 5.87. The number of carboxylic acid groups (broad SMARTS) is 1. The van der Waals surface area contributed by atoms with Crippen molar-refractivity contribution in [1.29, 1.82) is 0 Å². The molecule has 0 bridgehead atoms. The zero-order chi connectivity index (χ0) is 39.3. The molecule has 298 valence electrons. The van der Waals surface area contributed by atoms with E-state index in [1.165, 1.54) is 0 Å². The van der Waals surface area contributed by atoms with Crippen molar-refractivity contribution >= 4 is 51.4 Å². The van der Waals surface area contributed by atoms with Gasteiger partial charge in [0, 0.05) is 63.7 Å². The number of nitrogens with zero attached hydrogens (tertiary/aromatic N) is 3. The van der Waals surface area contributed by atoms with Gasteiger partial charge in [-0.15, -0.1) is 0 Å². The van der Waals surface area contributed by atoms with Crippen molar-refractivity contribution in [1.82, 2.24) is 30.5 Å². The molecule has 0 saturated carbocycles. The number of amides is 3. The van der Waals surface area contributed by atoms with Gasteiger partial charge in [0.1, 0.15) is 18.1 Å². The van der Waals surface area contributed by atoms with Gasteiger partial charge in [-0.1, -0.05) is 55.8 Å². The summed E-state index contributed by atoms with van der Waals surface area (Å²) in [5.74, 6) is 0.0612. The van der Waals surface area contributed by atoms with Crippen molar-refractivity contribution in [3.63, 3.8) is 0 Å². The summed E-state index contributed by atoms with van der Waals surface area (Å²) >= 11 is 0. The number of rotatable bonds is 27. The molecule has 15 heteroatoms. The summed E-state index contributed by atoms with van der Waals surface area (Å²) in [5.41, 5.74) is 11.1. The number of carbonyl (C=O) groups is 4. The average Bonchev–Trinajstić information content (AvgIpc) is 3.53. The number of carboxylic acids is 1. The maximum Gasteiger partial charge on any atom is 0.303 e. The Labute approximate surface area is 321 Å². The van der Waals surface area contributed by atoms with Crippen LogP contribution in [-0.4, -0.2) is 89.6 Å². The number of carbonyl (C=O) groups excluding carboxylic acids is 3. The van der Waals surface area contributed by atoms with Crippen LogP contribution >= 0.6 is 0 Å². The van der Waals surface area contributed by atoms with E-state index in [4.69, 9.17) is 30.0 Å². The number of imidazole rings is 1. The number of aromatic nitrogens is 3. The molecule has 0 spiro atoms. The maximum atomic E-state index is 12.5. The normalized spacial score (nSPS) is 11.2. The Bertz CT molecular complexity index is 1830. The van der Waals surface area contributed by atoms with Gasteiger partial charge in [-0.3, -0.25) is 19.2 Å². The van der Waals surface area contributed by atoms with Crippen LogP contribution in [0, 0.1) is 0 Å². The summed E-state index contributed by atoms with van der Waals surface area (Å²) in [6.07, 6.45) is 4.99. The number of benzene rings is 2. The van der Waals surface area contributed by atoms with Crippen molar-refractivity contribution in [2.24, 2.45) is 0 Å². The van der Waals surface area contributed by atoms with Gasteiger partial charge in [0.15, 0.2) is 5.82 Å². The van der Waals surface area contributed by atoms with Crippen molar-refractivity contribution in [2.45, 2.75) is 84.2 Å². The molecule has 0 fully saturated rings. The molecule has 0 radical (unpaired) electrons. The van der Waals surface area contributed by atoms with Crippen LogP contribution in [-0.2, 0) is 52.9 Å². The van der Waals surface area contributed by atoms with Gasteiger partial charge in [-0.05, 0) is 42.9 Å². The topological polar surface area (TPSA) is 209 Å². The number of fused-ring (bicyclic) bond motifs is 3. The molecule has 15 nitrogen and oxygen atoms in total. The first-order chi connectivity index (χ1) is 26.7. The number of anilines is 1. The SMILES string of the molecule is CCCCc1nc2c(N)nc3ccccc3c2n1Cc1ccc(CNC(=O)CCCC(=O)NCCCOCCOCCOCNC(=O)CCCC(=O)O)cc1. The van der Waals surface area contributed by atoms with E-state index >= 15 is 0 Å². The van der Waals surface area contributed by atoms with Gasteiger partial charge in [0.25, 0.3) is 0 Å². The lowest BCUT2D eigenvalue weighted by molar-refractivity contribution is -0.137. The molecule has 6 N–H and O–H groups in total. The first kappa shape index (κ1) is 42.6. The number of nitrogens with one attached hydrogen (secondary N) is 3. The predicted molar refractivity (Wildman–Crippen MR) is 209 cm³/mol. The number of nitrogen functional groups attached to an aromatic ring is 1. The van der Waals surface area contributed by atoms with Gasteiger partial charge >= 0.3 is 5.97 Å². The second-order valence-corrected chi connectivity index (χ2v) is 13.2. The lowest BCUT2D eigenvalue weighted by Gasteiger charge is -2.12. The maximum absolute atomic E-state index is 12.5. The molecule has 4 rings (SSSR count). The Morgan fingerprint density at radius 1 is 0.727 bits per heavy atom.